The van der Waals surface area contributed by atoms with E-state index >= 15 is 0 Å². The highest BCUT2D eigenvalue weighted by molar-refractivity contribution is 5.28. The summed E-state index contributed by atoms with van der Waals surface area (Å²) < 4.78 is 10.9. The largest absolute Gasteiger partial charge is 0.494 e. The van der Waals surface area contributed by atoms with Gasteiger partial charge in [0.25, 0.3) is 0 Å². The Morgan fingerprint density at radius 1 is 1.26 bits per heavy atom. The van der Waals surface area contributed by atoms with Crippen LogP contribution in [0.25, 0.3) is 0 Å². The van der Waals surface area contributed by atoms with Gasteiger partial charge in [0.05, 0.1) is 13.2 Å². The minimum Gasteiger partial charge on any atom is -0.494 e. The van der Waals surface area contributed by atoms with E-state index in [2.05, 4.69) is 25.2 Å². The number of nitrogens with one attached hydrogen (secondary N) is 1. The first kappa shape index (κ1) is 16.0. The van der Waals surface area contributed by atoms with Crippen molar-refractivity contribution in [1.82, 2.24) is 5.32 Å². The van der Waals surface area contributed by atoms with Gasteiger partial charge in [0.2, 0.25) is 0 Å². The van der Waals surface area contributed by atoms with E-state index in [1.807, 2.05) is 18.2 Å². The number of rotatable bonds is 10. The number of hydrogen-bond donors (Lipinski definition) is 1. The van der Waals surface area contributed by atoms with Crippen molar-refractivity contribution in [3.63, 3.8) is 0 Å². The van der Waals surface area contributed by atoms with E-state index in [0.29, 0.717) is 12.6 Å². The molecule has 19 heavy (non-hydrogen) atoms. The first-order chi connectivity index (χ1) is 9.26. The average Bonchev–Trinajstić information content (AvgIpc) is 2.39. The number of hydrogen-bond acceptors (Lipinski definition) is 3. The molecule has 3 heteroatoms. The summed E-state index contributed by atoms with van der Waals surface area (Å²) >= 11 is 0. The minimum absolute atomic E-state index is 0.607. The standard InChI is InChI=1S/C16H27NO2/c1-4-17-14(2)8-5-6-11-19-16-10-7-9-15(12-16)13-18-3/h7,9-10,12,14,17H,4-6,8,11,13H2,1-3H3. The molecule has 1 N–H and O–H groups in total. The fourth-order valence-corrected chi connectivity index (χ4v) is 2.08. The molecular formula is C16H27NO2. The summed E-state index contributed by atoms with van der Waals surface area (Å²) in [4.78, 5) is 0. The van der Waals surface area contributed by atoms with Crippen LogP contribution in [-0.4, -0.2) is 26.3 Å². The predicted molar refractivity (Wildman–Crippen MR) is 79.6 cm³/mol. The van der Waals surface area contributed by atoms with Crippen LogP contribution >= 0.6 is 0 Å². The molecule has 0 radical (unpaired) electrons. The molecule has 0 amide bonds. The van der Waals surface area contributed by atoms with Crippen molar-refractivity contribution in [2.75, 3.05) is 20.3 Å². The Morgan fingerprint density at radius 3 is 2.84 bits per heavy atom. The molecule has 1 aromatic carbocycles. The summed E-state index contributed by atoms with van der Waals surface area (Å²) in [6.45, 7) is 6.85. The smallest absolute Gasteiger partial charge is 0.119 e. The van der Waals surface area contributed by atoms with Crippen LogP contribution in [0.1, 0.15) is 38.7 Å². The Labute approximate surface area is 117 Å². The maximum Gasteiger partial charge on any atom is 0.119 e. The third-order valence-corrected chi connectivity index (χ3v) is 3.06. The zero-order valence-electron chi connectivity index (χ0n) is 12.4. The lowest BCUT2D eigenvalue weighted by molar-refractivity contribution is 0.184. The molecule has 0 aliphatic rings. The van der Waals surface area contributed by atoms with Crippen LogP contribution in [0.5, 0.6) is 5.75 Å². The van der Waals surface area contributed by atoms with Gasteiger partial charge < -0.3 is 14.8 Å². The van der Waals surface area contributed by atoms with Crippen LogP contribution in [0, 0.1) is 0 Å². The number of ether oxygens (including phenoxy) is 2. The highest BCUT2D eigenvalue weighted by Gasteiger charge is 2.00. The second-order valence-corrected chi connectivity index (χ2v) is 4.88. The second-order valence-electron chi connectivity index (χ2n) is 4.88. The van der Waals surface area contributed by atoms with E-state index in [1.165, 1.54) is 12.8 Å². The number of benzene rings is 1. The number of unbranched alkanes of at least 4 members (excludes halogenated alkanes) is 1. The molecule has 0 fully saturated rings. The van der Waals surface area contributed by atoms with Gasteiger partial charge in [0, 0.05) is 13.2 Å². The Morgan fingerprint density at radius 2 is 2.11 bits per heavy atom. The van der Waals surface area contributed by atoms with Crippen LogP contribution in [0.15, 0.2) is 24.3 Å². The Kier molecular flexibility index (Phi) is 8.26. The highest BCUT2D eigenvalue weighted by Crippen LogP contribution is 2.14. The molecule has 0 aliphatic carbocycles. The molecule has 0 aliphatic heterocycles. The molecular weight excluding hydrogens is 238 g/mol. The lowest BCUT2D eigenvalue weighted by atomic mass is 10.1. The van der Waals surface area contributed by atoms with Crippen molar-refractivity contribution >= 4 is 0 Å². The van der Waals surface area contributed by atoms with E-state index < -0.39 is 0 Å². The molecule has 1 rings (SSSR count). The maximum atomic E-state index is 5.76. The first-order valence-corrected chi connectivity index (χ1v) is 7.20. The summed E-state index contributed by atoms with van der Waals surface area (Å²) in [6.07, 6.45) is 3.51. The Bertz CT molecular complexity index is 341. The van der Waals surface area contributed by atoms with Crippen LogP contribution in [0.2, 0.25) is 0 Å². The zero-order valence-corrected chi connectivity index (χ0v) is 12.4. The van der Waals surface area contributed by atoms with Crippen molar-refractivity contribution in [2.24, 2.45) is 0 Å². The molecule has 1 unspecified atom stereocenters. The fourth-order valence-electron chi connectivity index (χ4n) is 2.08. The van der Waals surface area contributed by atoms with Gasteiger partial charge in [-0.25, -0.2) is 0 Å². The predicted octanol–water partition coefficient (Wildman–Crippen LogP) is 3.38. The van der Waals surface area contributed by atoms with E-state index in [-0.39, 0.29) is 0 Å². The second kappa shape index (κ2) is 9.82. The molecule has 108 valence electrons. The lowest BCUT2D eigenvalue weighted by Gasteiger charge is -2.12. The summed E-state index contributed by atoms with van der Waals surface area (Å²) in [7, 11) is 1.71. The van der Waals surface area contributed by atoms with Gasteiger partial charge in [-0.2, -0.15) is 0 Å². The van der Waals surface area contributed by atoms with Gasteiger partial charge in [-0.3, -0.25) is 0 Å². The van der Waals surface area contributed by atoms with Gasteiger partial charge in [0.1, 0.15) is 5.75 Å². The lowest BCUT2D eigenvalue weighted by Crippen LogP contribution is -2.25. The zero-order chi connectivity index (χ0) is 13.9. The van der Waals surface area contributed by atoms with Crippen LogP contribution in [0.3, 0.4) is 0 Å². The molecule has 0 spiro atoms. The van der Waals surface area contributed by atoms with E-state index in [1.54, 1.807) is 7.11 Å². The summed E-state index contributed by atoms with van der Waals surface area (Å²) in [5.74, 6) is 0.939. The molecule has 0 aromatic heterocycles. The van der Waals surface area contributed by atoms with Crippen molar-refractivity contribution in [2.45, 2.75) is 45.8 Å². The van der Waals surface area contributed by atoms with Gasteiger partial charge in [-0.05, 0) is 50.4 Å². The first-order valence-electron chi connectivity index (χ1n) is 7.20. The monoisotopic (exact) mass is 265 g/mol. The summed E-state index contributed by atoms with van der Waals surface area (Å²) in [5, 5.41) is 3.42. The average molecular weight is 265 g/mol. The molecule has 3 nitrogen and oxygen atoms in total. The van der Waals surface area contributed by atoms with Crippen LogP contribution < -0.4 is 10.1 Å². The van der Waals surface area contributed by atoms with Crippen molar-refractivity contribution in [3.8, 4) is 5.75 Å². The third-order valence-electron chi connectivity index (χ3n) is 3.06. The van der Waals surface area contributed by atoms with Gasteiger partial charge >= 0.3 is 0 Å². The van der Waals surface area contributed by atoms with E-state index in [9.17, 15) is 0 Å². The maximum absolute atomic E-state index is 5.76. The minimum atomic E-state index is 0.607. The van der Waals surface area contributed by atoms with Crippen molar-refractivity contribution < 1.29 is 9.47 Å². The van der Waals surface area contributed by atoms with Crippen molar-refractivity contribution in [1.29, 1.82) is 0 Å². The molecule has 0 saturated carbocycles. The quantitative estimate of drug-likeness (QED) is 0.658. The molecule has 1 aromatic rings. The van der Waals surface area contributed by atoms with Crippen LogP contribution in [0.4, 0.5) is 0 Å². The normalized spacial score (nSPS) is 12.4. The molecule has 0 bridgehead atoms. The molecule has 0 saturated heterocycles. The Balaban J connectivity index is 2.16. The van der Waals surface area contributed by atoms with E-state index in [0.717, 1.165) is 30.9 Å². The topological polar surface area (TPSA) is 30.5 Å². The summed E-state index contributed by atoms with van der Waals surface area (Å²) in [5.41, 5.74) is 1.15. The van der Waals surface area contributed by atoms with Crippen LogP contribution in [-0.2, 0) is 11.3 Å². The molecule has 1 atom stereocenters. The Hall–Kier alpha value is -1.06. The van der Waals surface area contributed by atoms with Gasteiger partial charge in [-0.1, -0.05) is 19.1 Å². The van der Waals surface area contributed by atoms with Crippen molar-refractivity contribution in [3.05, 3.63) is 29.8 Å². The fraction of sp³-hybridized carbons (Fsp3) is 0.625. The SMILES string of the molecule is CCNC(C)CCCCOc1cccc(COC)c1. The highest BCUT2D eigenvalue weighted by atomic mass is 16.5. The van der Waals surface area contributed by atoms with Gasteiger partial charge in [0.15, 0.2) is 0 Å². The third kappa shape index (κ3) is 7.19. The van der Waals surface area contributed by atoms with E-state index in [4.69, 9.17) is 9.47 Å². The summed E-state index contributed by atoms with van der Waals surface area (Å²) in [6, 6.07) is 8.71. The van der Waals surface area contributed by atoms with Gasteiger partial charge in [-0.15, -0.1) is 0 Å². The number of methoxy groups -OCH3 is 1. The molecule has 0 heterocycles.